The topological polar surface area (TPSA) is 85.6 Å². The van der Waals surface area contributed by atoms with E-state index in [1.165, 1.54) is 24.3 Å². The fourth-order valence-corrected chi connectivity index (χ4v) is 3.66. The van der Waals surface area contributed by atoms with Crippen LogP contribution in [0.15, 0.2) is 60.7 Å². The first kappa shape index (κ1) is 24.0. The predicted octanol–water partition coefficient (Wildman–Crippen LogP) is 5.51. The number of para-hydroxylation sites is 1. The Labute approximate surface area is 192 Å². The monoisotopic (exact) mass is 451 g/mol. The van der Waals surface area contributed by atoms with Crippen molar-refractivity contribution in [1.82, 2.24) is 0 Å². The van der Waals surface area contributed by atoms with Crippen LogP contribution in [-0.2, 0) is 19.1 Å². The molecule has 0 unspecified atom stereocenters. The predicted molar refractivity (Wildman–Crippen MR) is 119 cm³/mol. The van der Waals surface area contributed by atoms with Gasteiger partial charge >= 0.3 is 11.9 Å². The van der Waals surface area contributed by atoms with Gasteiger partial charge in [0.05, 0.1) is 12.5 Å². The van der Waals surface area contributed by atoms with Gasteiger partial charge in [0.25, 0.3) is 0 Å². The van der Waals surface area contributed by atoms with E-state index in [0.29, 0.717) is 17.9 Å². The molecule has 0 N–H and O–H groups in total. The van der Waals surface area contributed by atoms with Gasteiger partial charge in [-0.15, -0.1) is 0 Å². The summed E-state index contributed by atoms with van der Waals surface area (Å²) in [6, 6.07) is 14.5. The molecule has 1 aliphatic rings. The summed E-state index contributed by atoms with van der Waals surface area (Å²) in [6.07, 6.45) is 2.46. The lowest BCUT2D eigenvalue weighted by Crippen LogP contribution is -2.14. The number of halogens is 1. The summed E-state index contributed by atoms with van der Waals surface area (Å²) in [5.41, 5.74) is -0.130. The first-order valence-electron chi connectivity index (χ1n) is 10.7. The summed E-state index contributed by atoms with van der Waals surface area (Å²) in [4.78, 5) is 24.5. The van der Waals surface area contributed by atoms with Crippen molar-refractivity contribution < 1.29 is 28.2 Å². The number of ether oxygens (including phenoxy) is 3. The fraction of sp³-hybridized carbons (Fsp3) is 0.346. The Balaban J connectivity index is 1.69. The summed E-state index contributed by atoms with van der Waals surface area (Å²) in [5.74, 6) is -1.99. The normalized spacial score (nSPS) is 19.4. The van der Waals surface area contributed by atoms with E-state index >= 15 is 0 Å². The highest BCUT2D eigenvalue weighted by atomic mass is 19.1. The summed E-state index contributed by atoms with van der Waals surface area (Å²) in [7, 11) is 0. The number of nitriles is 1. The second kappa shape index (κ2) is 10.3. The molecule has 172 valence electrons. The maximum absolute atomic E-state index is 14.2. The van der Waals surface area contributed by atoms with Crippen LogP contribution < -0.4 is 4.74 Å². The second-order valence-corrected chi connectivity index (χ2v) is 8.40. The number of rotatable bonds is 9. The Kier molecular flexibility index (Phi) is 7.49. The molecule has 33 heavy (non-hydrogen) atoms. The molecule has 0 radical (unpaired) electrons. The average Bonchev–Trinajstić information content (AvgIpc) is 3.37. The minimum atomic E-state index is -1.23. The van der Waals surface area contributed by atoms with Gasteiger partial charge in [-0.05, 0) is 42.0 Å². The van der Waals surface area contributed by atoms with Crippen molar-refractivity contribution in [3.8, 4) is 17.6 Å². The van der Waals surface area contributed by atoms with E-state index < -0.39 is 35.2 Å². The zero-order valence-corrected chi connectivity index (χ0v) is 18.8. The molecule has 0 aromatic heterocycles. The minimum absolute atomic E-state index is 0.0758. The molecule has 1 aliphatic carbocycles. The molecule has 1 fully saturated rings. The third-order valence-electron chi connectivity index (χ3n) is 5.63. The number of nitrogens with zero attached hydrogens (tertiary/aromatic N) is 1. The molecule has 0 bridgehead atoms. The van der Waals surface area contributed by atoms with Crippen molar-refractivity contribution in [3.05, 3.63) is 72.1 Å². The molecular weight excluding hydrogens is 425 g/mol. The van der Waals surface area contributed by atoms with E-state index in [1.807, 2.05) is 26.8 Å². The van der Waals surface area contributed by atoms with Gasteiger partial charge in [0.15, 0.2) is 11.6 Å². The lowest BCUT2D eigenvalue weighted by molar-refractivity contribution is -0.149. The van der Waals surface area contributed by atoms with Crippen molar-refractivity contribution >= 4 is 11.9 Å². The molecule has 0 heterocycles. The van der Waals surface area contributed by atoms with Crippen LogP contribution in [0.25, 0.3) is 0 Å². The molecule has 2 aromatic rings. The van der Waals surface area contributed by atoms with E-state index in [1.54, 1.807) is 36.4 Å². The van der Waals surface area contributed by atoms with Gasteiger partial charge in [0.1, 0.15) is 11.8 Å². The number of esters is 2. The summed E-state index contributed by atoms with van der Waals surface area (Å²) in [5, 5.41) is 9.60. The maximum Gasteiger partial charge on any atom is 0.330 e. The van der Waals surface area contributed by atoms with Gasteiger partial charge in [0.2, 0.25) is 6.10 Å². The standard InChI is InChI=1S/C26H26FNO5/c1-4-14-31-23(29)13-11-19-24(26(19,2)3)25(30)33-22(16-28)17-10-12-20(27)21(15-17)32-18-8-6-5-7-9-18/h5-13,15,19,22,24H,4,14H2,1-3H3/t19-,22+,24-/m0/s1. The minimum Gasteiger partial charge on any atom is -0.463 e. The molecule has 0 saturated heterocycles. The van der Waals surface area contributed by atoms with Crippen LogP contribution in [0.2, 0.25) is 0 Å². The smallest absolute Gasteiger partial charge is 0.330 e. The Morgan fingerprint density at radius 1 is 1.21 bits per heavy atom. The third-order valence-corrected chi connectivity index (χ3v) is 5.63. The molecule has 0 amide bonds. The van der Waals surface area contributed by atoms with E-state index in [2.05, 4.69) is 0 Å². The van der Waals surface area contributed by atoms with Crippen molar-refractivity contribution in [2.75, 3.05) is 6.61 Å². The quantitative estimate of drug-likeness (QED) is 0.369. The number of hydrogen-bond donors (Lipinski definition) is 0. The highest BCUT2D eigenvalue weighted by molar-refractivity contribution is 5.83. The molecule has 0 aliphatic heterocycles. The molecule has 2 aromatic carbocycles. The van der Waals surface area contributed by atoms with Crippen LogP contribution in [0.1, 0.15) is 38.9 Å². The summed E-state index contributed by atoms with van der Waals surface area (Å²) >= 11 is 0. The molecule has 3 rings (SSSR count). The Morgan fingerprint density at radius 3 is 2.61 bits per heavy atom. The van der Waals surface area contributed by atoms with Crippen LogP contribution in [0.3, 0.4) is 0 Å². The van der Waals surface area contributed by atoms with Gasteiger partial charge in [0, 0.05) is 11.6 Å². The first-order valence-corrected chi connectivity index (χ1v) is 10.7. The number of carbonyl (C=O) groups is 2. The van der Waals surface area contributed by atoms with E-state index in [-0.39, 0.29) is 11.7 Å². The highest BCUT2D eigenvalue weighted by Crippen LogP contribution is 2.59. The molecule has 0 spiro atoms. The van der Waals surface area contributed by atoms with Crippen LogP contribution in [-0.4, -0.2) is 18.5 Å². The van der Waals surface area contributed by atoms with Crippen LogP contribution in [0.5, 0.6) is 11.5 Å². The van der Waals surface area contributed by atoms with Gasteiger partial charge in [-0.1, -0.05) is 51.1 Å². The lowest BCUT2D eigenvalue weighted by Gasteiger charge is -2.14. The third kappa shape index (κ3) is 5.78. The lowest BCUT2D eigenvalue weighted by atomic mass is 10.1. The Bertz CT molecular complexity index is 1070. The fourth-order valence-electron chi connectivity index (χ4n) is 3.66. The van der Waals surface area contributed by atoms with E-state index in [0.717, 1.165) is 6.42 Å². The van der Waals surface area contributed by atoms with E-state index in [4.69, 9.17) is 14.2 Å². The second-order valence-electron chi connectivity index (χ2n) is 8.40. The average molecular weight is 451 g/mol. The van der Waals surface area contributed by atoms with Gasteiger partial charge in [-0.3, -0.25) is 4.79 Å². The van der Waals surface area contributed by atoms with Gasteiger partial charge < -0.3 is 14.2 Å². The van der Waals surface area contributed by atoms with Crippen molar-refractivity contribution in [2.24, 2.45) is 17.3 Å². The van der Waals surface area contributed by atoms with Crippen LogP contribution >= 0.6 is 0 Å². The molecule has 1 saturated carbocycles. The van der Waals surface area contributed by atoms with E-state index in [9.17, 15) is 19.2 Å². The van der Waals surface area contributed by atoms with Crippen LogP contribution in [0.4, 0.5) is 4.39 Å². The Morgan fingerprint density at radius 2 is 1.94 bits per heavy atom. The molecule has 6 nitrogen and oxygen atoms in total. The van der Waals surface area contributed by atoms with Crippen molar-refractivity contribution in [1.29, 1.82) is 5.26 Å². The van der Waals surface area contributed by atoms with Crippen LogP contribution in [0, 0.1) is 34.4 Å². The molecule has 3 atom stereocenters. The van der Waals surface area contributed by atoms with Gasteiger partial charge in [-0.25, -0.2) is 9.18 Å². The molecular formula is C26H26FNO5. The molecule has 7 heteroatoms. The largest absolute Gasteiger partial charge is 0.463 e. The first-order chi connectivity index (χ1) is 15.8. The SMILES string of the molecule is CCCOC(=O)C=C[C@H]1[C@@H](C(=O)O[C@H](C#N)c2ccc(F)c(Oc3ccccc3)c2)C1(C)C. The summed E-state index contributed by atoms with van der Waals surface area (Å²) < 4.78 is 30.3. The summed E-state index contributed by atoms with van der Waals surface area (Å²) in [6.45, 7) is 6.00. The van der Waals surface area contributed by atoms with Crippen molar-refractivity contribution in [3.63, 3.8) is 0 Å². The van der Waals surface area contributed by atoms with Gasteiger partial charge in [-0.2, -0.15) is 5.26 Å². The van der Waals surface area contributed by atoms with Crippen molar-refractivity contribution in [2.45, 2.75) is 33.3 Å². The Hall–Kier alpha value is -3.66. The zero-order chi connectivity index (χ0) is 24.0. The maximum atomic E-state index is 14.2. The number of benzene rings is 2. The highest BCUT2D eigenvalue weighted by Gasteiger charge is 2.61. The zero-order valence-electron chi connectivity index (χ0n) is 18.8. The number of carbonyl (C=O) groups excluding carboxylic acids is 2. The number of allylic oxidation sites excluding steroid dienone is 1. The number of hydrogen-bond acceptors (Lipinski definition) is 6.